The van der Waals surface area contributed by atoms with Crippen molar-refractivity contribution in [1.82, 2.24) is 0 Å². The summed E-state index contributed by atoms with van der Waals surface area (Å²) in [7, 11) is 1.48. The second-order valence-electron chi connectivity index (χ2n) is 7.00. The van der Waals surface area contributed by atoms with Gasteiger partial charge in [-0.05, 0) is 53.6 Å². The highest BCUT2D eigenvalue weighted by molar-refractivity contribution is 5.70. The molecule has 0 aliphatic heterocycles. The van der Waals surface area contributed by atoms with Gasteiger partial charge in [-0.15, -0.1) is 0 Å². The van der Waals surface area contributed by atoms with E-state index < -0.39 is 17.7 Å². The minimum absolute atomic E-state index is 0.165. The Balaban J connectivity index is 1.61. The van der Waals surface area contributed by atoms with Crippen LogP contribution in [0.2, 0.25) is 0 Å². The molecule has 0 aromatic heterocycles. The molecule has 0 aliphatic carbocycles. The lowest BCUT2D eigenvalue weighted by molar-refractivity contribution is -0.138. The van der Waals surface area contributed by atoms with Crippen molar-refractivity contribution in [3.8, 4) is 23.0 Å². The molecule has 0 atom stereocenters. The number of benzene rings is 3. The molecule has 8 heteroatoms. The second kappa shape index (κ2) is 10.6. The Morgan fingerprint density at radius 1 is 0.939 bits per heavy atom. The molecule has 0 aliphatic rings. The number of carboxylic acids is 1. The minimum atomic E-state index is -4.36. The highest BCUT2D eigenvalue weighted by Crippen LogP contribution is 2.30. The molecule has 172 valence electrons. The number of rotatable bonds is 9. The van der Waals surface area contributed by atoms with Crippen LogP contribution < -0.4 is 14.2 Å². The van der Waals surface area contributed by atoms with E-state index in [0.29, 0.717) is 34.1 Å². The van der Waals surface area contributed by atoms with Crippen molar-refractivity contribution in [1.29, 1.82) is 0 Å². The summed E-state index contributed by atoms with van der Waals surface area (Å²) in [6.45, 7) is 0.201. The van der Waals surface area contributed by atoms with E-state index in [4.69, 9.17) is 19.3 Å². The Hall–Kier alpha value is -3.94. The molecule has 0 unspecified atom stereocenters. The van der Waals surface area contributed by atoms with Crippen LogP contribution >= 0.6 is 0 Å². The monoisotopic (exact) mass is 458 g/mol. The maximum absolute atomic E-state index is 12.6. The van der Waals surface area contributed by atoms with Gasteiger partial charge in [0.15, 0.2) is 0 Å². The van der Waals surface area contributed by atoms with Crippen LogP contribution in [0.1, 0.15) is 16.7 Å². The zero-order chi connectivity index (χ0) is 23.8. The Kier molecular flexibility index (Phi) is 7.61. The number of hydrogen-bond acceptors (Lipinski definition) is 4. The van der Waals surface area contributed by atoms with Crippen LogP contribution in [0.5, 0.6) is 23.0 Å². The van der Waals surface area contributed by atoms with Crippen LogP contribution in [0.3, 0.4) is 0 Å². The lowest BCUT2D eigenvalue weighted by atomic mass is 10.1. The number of hydrogen-bond donors (Lipinski definition) is 1. The fourth-order valence-corrected chi connectivity index (χ4v) is 2.96. The molecule has 1 N–H and O–H groups in total. The SMILES string of the molecule is COc1cc(CC(=O)O)cc(Oc2cccc(OCC=Cc3ccc(C(F)(F)F)cc3)c2)c1. The second-order valence-corrected chi connectivity index (χ2v) is 7.00. The molecule has 3 aromatic rings. The quantitative estimate of drug-likeness (QED) is 0.412. The van der Waals surface area contributed by atoms with Gasteiger partial charge in [-0.3, -0.25) is 4.79 Å². The molecule has 0 bridgehead atoms. The average Bonchev–Trinajstić information content (AvgIpc) is 2.76. The van der Waals surface area contributed by atoms with Crippen LogP contribution in [-0.2, 0) is 17.4 Å². The predicted octanol–water partition coefficient (Wildman–Crippen LogP) is 6.23. The van der Waals surface area contributed by atoms with Crippen LogP contribution in [0, 0.1) is 0 Å². The third-order valence-corrected chi connectivity index (χ3v) is 4.47. The van der Waals surface area contributed by atoms with E-state index in [1.807, 2.05) is 0 Å². The van der Waals surface area contributed by atoms with E-state index in [1.54, 1.807) is 54.6 Å². The molecule has 0 heterocycles. The number of halogens is 3. The number of carbonyl (C=O) groups is 1. The van der Waals surface area contributed by atoms with Crippen LogP contribution in [0.4, 0.5) is 13.2 Å². The Bertz CT molecular complexity index is 1120. The van der Waals surface area contributed by atoms with Gasteiger partial charge in [-0.1, -0.05) is 24.3 Å². The van der Waals surface area contributed by atoms with Crippen LogP contribution in [-0.4, -0.2) is 24.8 Å². The summed E-state index contributed by atoms with van der Waals surface area (Å²) >= 11 is 0. The van der Waals surface area contributed by atoms with Crippen LogP contribution in [0.25, 0.3) is 6.08 Å². The minimum Gasteiger partial charge on any atom is -0.497 e. The standard InChI is InChI=1S/C25H21F3O5/c1-31-22-12-18(14-24(29)30)13-23(16-22)33-21-6-2-5-20(15-21)32-11-3-4-17-7-9-19(10-8-17)25(26,27)28/h2-10,12-13,15-16H,11,14H2,1H3,(H,29,30). The maximum Gasteiger partial charge on any atom is 0.416 e. The van der Waals surface area contributed by atoms with Crippen molar-refractivity contribution in [3.05, 3.63) is 89.5 Å². The fraction of sp³-hybridized carbons (Fsp3) is 0.160. The molecule has 0 amide bonds. The summed E-state index contributed by atoms with van der Waals surface area (Å²) in [5.41, 5.74) is 0.468. The van der Waals surface area contributed by atoms with Gasteiger partial charge in [0.1, 0.15) is 29.6 Å². The van der Waals surface area contributed by atoms with E-state index in [0.717, 1.165) is 12.1 Å². The molecular weight excluding hydrogens is 437 g/mol. The maximum atomic E-state index is 12.6. The van der Waals surface area contributed by atoms with Gasteiger partial charge in [0, 0.05) is 12.1 Å². The summed E-state index contributed by atoms with van der Waals surface area (Å²) in [5, 5.41) is 9.02. The zero-order valence-electron chi connectivity index (χ0n) is 17.6. The first-order valence-electron chi connectivity index (χ1n) is 9.87. The Labute approximate surface area is 188 Å². The van der Waals surface area contributed by atoms with Crippen molar-refractivity contribution < 1.29 is 37.3 Å². The number of methoxy groups -OCH3 is 1. The van der Waals surface area contributed by atoms with Crippen molar-refractivity contribution in [3.63, 3.8) is 0 Å². The van der Waals surface area contributed by atoms with E-state index >= 15 is 0 Å². The molecule has 5 nitrogen and oxygen atoms in total. The lowest BCUT2D eigenvalue weighted by Gasteiger charge is -2.11. The molecule has 0 saturated carbocycles. The largest absolute Gasteiger partial charge is 0.497 e. The van der Waals surface area contributed by atoms with Gasteiger partial charge in [-0.2, -0.15) is 13.2 Å². The van der Waals surface area contributed by atoms with Gasteiger partial charge in [0.25, 0.3) is 0 Å². The summed E-state index contributed by atoms with van der Waals surface area (Å²) in [5.74, 6) is 0.940. The molecule has 0 spiro atoms. The van der Waals surface area contributed by atoms with Gasteiger partial charge in [-0.25, -0.2) is 0 Å². The highest BCUT2D eigenvalue weighted by Gasteiger charge is 2.29. The topological polar surface area (TPSA) is 65.0 Å². The van der Waals surface area contributed by atoms with Gasteiger partial charge >= 0.3 is 12.1 Å². The summed E-state index contributed by atoms with van der Waals surface area (Å²) < 4.78 is 54.5. The third-order valence-electron chi connectivity index (χ3n) is 4.47. The highest BCUT2D eigenvalue weighted by atomic mass is 19.4. The molecule has 0 radical (unpaired) electrons. The summed E-state index contributed by atoms with van der Waals surface area (Å²) in [6.07, 6.45) is -1.17. The first-order valence-corrected chi connectivity index (χ1v) is 9.87. The van der Waals surface area contributed by atoms with E-state index in [9.17, 15) is 18.0 Å². The first-order chi connectivity index (χ1) is 15.7. The first kappa shape index (κ1) is 23.7. The summed E-state index contributed by atoms with van der Waals surface area (Å²) in [4.78, 5) is 11.0. The molecule has 3 rings (SSSR count). The Morgan fingerprint density at radius 3 is 2.27 bits per heavy atom. The predicted molar refractivity (Wildman–Crippen MR) is 117 cm³/mol. The molecular formula is C25H21F3O5. The fourth-order valence-electron chi connectivity index (χ4n) is 2.96. The number of carboxylic acid groups (broad SMARTS) is 1. The van der Waals surface area contributed by atoms with E-state index in [2.05, 4.69) is 0 Å². The smallest absolute Gasteiger partial charge is 0.416 e. The summed E-state index contributed by atoms with van der Waals surface area (Å²) in [6, 6.07) is 16.6. The lowest BCUT2D eigenvalue weighted by Crippen LogP contribution is -2.03. The zero-order valence-corrected chi connectivity index (χ0v) is 17.6. The van der Waals surface area contributed by atoms with E-state index in [-0.39, 0.29) is 13.0 Å². The number of aliphatic carboxylic acids is 1. The van der Waals surface area contributed by atoms with Gasteiger partial charge < -0.3 is 19.3 Å². The third kappa shape index (κ3) is 7.31. The van der Waals surface area contributed by atoms with Crippen molar-refractivity contribution in [2.45, 2.75) is 12.6 Å². The van der Waals surface area contributed by atoms with Crippen molar-refractivity contribution >= 4 is 12.0 Å². The molecule has 0 fully saturated rings. The van der Waals surface area contributed by atoms with Gasteiger partial charge in [0.2, 0.25) is 0 Å². The van der Waals surface area contributed by atoms with Crippen molar-refractivity contribution in [2.24, 2.45) is 0 Å². The molecule has 0 saturated heterocycles. The number of alkyl halides is 3. The van der Waals surface area contributed by atoms with Crippen molar-refractivity contribution in [2.75, 3.05) is 13.7 Å². The Morgan fingerprint density at radius 2 is 1.61 bits per heavy atom. The van der Waals surface area contributed by atoms with Crippen LogP contribution in [0.15, 0.2) is 72.8 Å². The average molecular weight is 458 g/mol. The number of ether oxygens (including phenoxy) is 3. The molecule has 33 heavy (non-hydrogen) atoms. The van der Waals surface area contributed by atoms with E-state index in [1.165, 1.54) is 19.2 Å². The van der Waals surface area contributed by atoms with Gasteiger partial charge in [0.05, 0.1) is 19.1 Å². The normalized spacial score (nSPS) is 11.4. The molecule has 3 aromatic carbocycles.